The Bertz CT molecular complexity index is 1010. The second-order valence-electron chi connectivity index (χ2n) is 6.32. The number of hydrogen-bond donors (Lipinski definition) is 2. The highest BCUT2D eigenvalue weighted by Gasteiger charge is 2.35. The summed E-state index contributed by atoms with van der Waals surface area (Å²) in [5.74, 6) is -1.72. The lowest BCUT2D eigenvalue weighted by molar-refractivity contribution is -0.143. The Balaban J connectivity index is 1.61. The number of carbonyl (C=O) groups is 4. The molecule has 30 heavy (non-hydrogen) atoms. The number of aromatic carboxylic acids is 1. The Hall–Kier alpha value is -4.14. The number of amides is 3. The average Bonchev–Trinajstić information content (AvgIpc) is 3.00. The summed E-state index contributed by atoms with van der Waals surface area (Å²) >= 11 is 0. The minimum absolute atomic E-state index is 0.0519. The molecule has 1 saturated heterocycles. The molecular formula is C21H18N2O7. The summed E-state index contributed by atoms with van der Waals surface area (Å²) in [4.78, 5) is 47.1. The van der Waals surface area contributed by atoms with E-state index in [-0.39, 0.29) is 17.9 Å². The molecule has 2 N–H and O–H groups in total. The largest absolute Gasteiger partial charge is 0.489 e. The van der Waals surface area contributed by atoms with Crippen molar-refractivity contribution in [3.05, 3.63) is 70.9 Å². The van der Waals surface area contributed by atoms with Crippen LogP contribution in [0.15, 0.2) is 54.2 Å². The first-order valence-electron chi connectivity index (χ1n) is 8.84. The van der Waals surface area contributed by atoms with Crippen LogP contribution in [0.1, 0.15) is 21.5 Å². The van der Waals surface area contributed by atoms with Crippen molar-refractivity contribution >= 4 is 30.0 Å². The van der Waals surface area contributed by atoms with Gasteiger partial charge < -0.3 is 19.9 Å². The topological polar surface area (TPSA) is 122 Å². The fourth-order valence-electron chi connectivity index (χ4n) is 2.65. The van der Waals surface area contributed by atoms with E-state index in [0.29, 0.717) is 11.3 Å². The molecule has 3 amide bonds. The maximum absolute atomic E-state index is 12.3. The van der Waals surface area contributed by atoms with Crippen molar-refractivity contribution in [3.8, 4) is 5.75 Å². The first-order chi connectivity index (χ1) is 14.4. The monoisotopic (exact) mass is 410 g/mol. The molecule has 1 aliphatic heterocycles. The van der Waals surface area contributed by atoms with Gasteiger partial charge in [-0.25, -0.2) is 14.5 Å². The van der Waals surface area contributed by atoms with E-state index in [4.69, 9.17) is 9.84 Å². The summed E-state index contributed by atoms with van der Waals surface area (Å²) < 4.78 is 10.1. The van der Waals surface area contributed by atoms with Crippen molar-refractivity contribution in [1.29, 1.82) is 0 Å². The van der Waals surface area contributed by atoms with Crippen molar-refractivity contribution < 1.29 is 33.8 Å². The van der Waals surface area contributed by atoms with Gasteiger partial charge in [0.2, 0.25) is 0 Å². The third kappa shape index (κ3) is 4.82. The zero-order valence-corrected chi connectivity index (χ0v) is 16.0. The number of carboxylic acid groups (broad SMARTS) is 1. The highest BCUT2D eigenvalue weighted by molar-refractivity contribution is 6.15. The van der Waals surface area contributed by atoms with E-state index >= 15 is 0 Å². The molecule has 9 heteroatoms. The first-order valence-corrected chi connectivity index (χ1v) is 8.84. The molecule has 3 rings (SSSR count). The van der Waals surface area contributed by atoms with Crippen molar-refractivity contribution in [3.63, 3.8) is 0 Å². The smallest absolute Gasteiger partial charge is 0.335 e. The second-order valence-corrected chi connectivity index (χ2v) is 6.32. The van der Waals surface area contributed by atoms with Gasteiger partial charge in [0, 0.05) is 0 Å². The number of nitrogens with one attached hydrogen (secondary N) is 1. The molecule has 0 radical (unpaired) electrons. The molecule has 9 nitrogen and oxygen atoms in total. The Morgan fingerprint density at radius 1 is 1.07 bits per heavy atom. The molecule has 0 atom stereocenters. The molecule has 0 aliphatic carbocycles. The summed E-state index contributed by atoms with van der Waals surface area (Å²) in [6, 6.07) is 12.5. The lowest BCUT2D eigenvalue weighted by atomic mass is 10.1. The summed E-state index contributed by atoms with van der Waals surface area (Å²) in [5, 5.41) is 11.3. The molecule has 2 aromatic rings. The number of nitrogens with zero attached hydrogens (tertiary/aromatic N) is 1. The maximum Gasteiger partial charge on any atom is 0.335 e. The van der Waals surface area contributed by atoms with E-state index < -0.39 is 30.4 Å². The molecule has 0 bridgehead atoms. The van der Waals surface area contributed by atoms with Crippen LogP contribution in [-0.4, -0.2) is 47.5 Å². The highest BCUT2D eigenvalue weighted by atomic mass is 16.5. The number of imide groups is 1. The third-order valence-corrected chi connectivity index (χ3v) is 4.27. The van der Waals surface area contributed by atoms with Gasteiger partial charge in [-0.2, -0.15) is 0 Å². The number of urea groups is 1. The number of esters is 1. The zero-order chi connectivity index (χ0) is 21.7. The molecular weight excluding hydrogens is 392 g/mol. The summed E-state index contributed by atoms with van der Waals surface area (Å²) in [5.41, 5.74) is 1.72. The molecule has 154 valence electrons. The Kier molecular flexibility index (Phi) is 6.11. The van der Waals surface area contributed by atoms with Crippen LogP contribution < -0.4 is 10.1 Å². The van der Waals surface area contributed by atoms with Crippen molar-refractivity contribution in [1.82, 2.24) is 10.2 Å². The van der Waals surface area contributed by atoms with Crippen molar-refractivity contribution in [2.75, 3.05) is 13.7 Å². The van der Waals surface area contributed by atoms with Gasteiger partial charge in [-0.05, 0) is 41.5 Å². The Morgan fingerprint density at radius 3 is 2.33 bits per heavy atom. The van der Waals surface area contributed by atoms with Crippen LogP contribution in [0, 0.1) is 0 Å². The van der Waals surface area contributed by atoms with E-state index in [0.717, 1.165) is 10.5 Å². The second kappa shape index (κ2) is 8.91. The zero-order valence-electron chi connectivity index (χ0n) is 16.0. The molecule has 2 aromatic carbocycles. The van der Waals surface area contributed by atoms with E-state index in [2.05, 4.69) is 10.1 Å². The van der Waals surface area contributed by atoms with Gasteiger partial charge in [0.25, 0.3) is 5.91 Å². The first kappa shape index (κ1) is 20.6. The number of ether oxygens (including phenoxy) is 2. The van der Waals surface area contributed by atoms with E-state index in [9.17, 15) is 19.2 Å². The summed E-state index contributed by atoms with van der Waals surface area (Å²) in [6.45, 7) is -0.198. The number of rotatable bonds is 7. The quantitative estimate of drug-likeness (QED) is 0.407. The molecule has 0 aromatic heterocycles. The maximum atomic E-state index is 12.3. The number of carbonyl (C=O) groups excluding carboxylic acids is 3. The number of hydrogen-bond acceptors (Lipinski definition) is 6. The van der Waals surface area contributed by atoms with Gasteiger partial charge in [-0.3, -0.25) is 9.59 Å². The fraction of sp³-hybridized carbons (Fsp3) is 0.143. The summed E-state index contributed by atoms with van der Waals surface area (Å²) in [6.07, 6.45) is 1.49. The predicted octanol–water partition coefficient (Wildman–Crippen LogP) is 2.03. The minimum Gasteiger partial charge on any atom is -0.489 e. The normalized spacial score (nSPS) is 14.6. The average molecular weight is 410 g/mol. The van der Waals surface area contributed by atoms with Gasteiger partial charge in [-0.1, -0.05) is 24.3 Å². The number of benzene rings is 2. The van der Waals surface area contributed by atoms with Gasteiger partial charge in [-0.15, -0.1) is 0 Å². The van der Waals surface area contributed by atoms with Crippen LogP contribution >= 0.6 is 0 Å². The fourth-order valence-corrected chi connectivity index (χ4v) is 2.65. The standard InChI is InChI=1S/C21H18N2O7/c1-29-18(24)11-23-19(25)17(22-21(23)28)10-13-4-8-16(9-5-13)30-12-14-2-6-15(7-3-14)20(26)27/h2-10H,11-12H2,1H3,(H,22,28)(H,26,27)/b17-10+. The molecule has 1 heterocycles. The minimum atomic E-state index is -0.988. The van der Waals surface area contributed by atoms with Crippen LogP contribution in [-0.2, 0) is 20.9 Å². The van der Waals surface area contributed by atoms with Gasteiger partial charge in [0.15, 0.2) is 0 Å². The van der Waals surface area contributed by atoms with Crippen LogP contribution in [0.5, 0.6) is 5.75 Å². The van der Waals surface area contributed by atoms with Crippen molar-refractivity contribution in [2.45, 2.75) is 6.61 Å². The molecule has 1 aliphatic rings. The SMILES string of the molecule is COC(=O)CN1C(=O)N/C(=C/c2ccc(OCc3ccc(C(=O)O)cc3)cc2)C1=O. The Morgan fingerprint density at radius 2 is 1.73 bits per heavy atom. The summed E-state index contributed by atoms with van der Waals surface area (Å²) in [7, 11) is 1.17. The van der Waals surface area contributed by atoms with Gasteiger partial charge >= 0.3 is 18.0 Å². The van der Waals surface area contributed by atoms with Crippen LogP contribution in [0.2, 0.25) is 0 Å². The molecule has 1 fully saturated rings. The molecule has 0 saturated carbocycles. The van der Waals surface area contributed by atoms with Gasteiger partial charge in [0.05, 0.1) is 12.7 Å². The van der Waals surface area contributed by atoms with Crippen LogP contribution in [0.3, 0.4) is 0 Å². The van der Waals surface area contributed by atoms with Crippen LogP contribution in [0.4, 0.5) is 4.79 Å². The van der Waals surface area contributed by atoms with E-state index in [1.165, 1.54) is 25.3 Å². The predicted molar refractivity (Wildman–Crippen MR) is 104 cm³/mol. The lowest BCUT2D eigenvalue weighted by Gasteiger charge is -2.09. The number of methoxy groups -OCH3 is 1. The Labute approximate surface area is 171 Å². The molecule has 0 unspecified atom stereocenters. The van der Waals surface area contributed by atoms with Gasteiger partial charge in [0.1, 0.15) is 24.6 Å². The highest BCUT2D eigenvalue weighted by Crippen LogP contribution is 2.18. The van der Waals surface area contributed by atoms with Crippen molar-refractivity contribution in [2.24, 2.45) is 0 Å². The molecule has 0 spiro atoms. The van der Waals surface area contributed by atoms with E-state index in [1.807, 2.05) is 0 Å². The lowest BCUT2D eigenvalue weighted by Crippen LogP contribution is -2.36. The van der Waals surface area contributed by atoms with E-state index in [1.54, 1.807) is 36.4 Å². The van der Waals surface area contributed by atoms with Crippen LogP contribution in [0.25, 0.3) is 6.08 Å². The third-order valence-electron chi connectivity index (χ3n) is 4.27. The number of carboxylic acids is 1.